The molecule has 1 fully saturated rings. The molecule has 1 aliphatic heterocycles. The van der Waals surface area contributed by atoms with Crippen molar-refractivity contribution in [2.24, 2.45) is 11.3 Å². The summed E-state index contributed by atoms with van der Waals surface area (Å²) in [6, 6.07) is 1.22. The molecule has 0 radical (unpaired) electrons. The predicted octanol–water partition coefficient (Wildman–Crippen LogP) is 1.98. The van der Waals surface area contributed by atoms with Crippen molar-refractivity contribution in [3.63, 3.8) is 0 Å². The number of piperazine rings is 1. The van der Waals surface area contributed by atoms with Gasteiger partial charge in [0.25, 0.3) is 0 Å². The fourth-order valence-corrected chi connectivity index (χ4v) is 2.59. The first kappa shape index (κ1) is 14.9. The van der Waals surface area contributed by atoms with Gasteiger partial charge in [-0.3, -0.25) is 4.90 Å². The van der Waals surface area contributed by atoms with E-state index in [1.165, 1.54) is 0 Å². The molecule has 0 aromatic heterocycles. The number of nitrogens with zero attached hydrogens (tertiary/aromatic N) is 1. The van der Waals surface area contributed by atoms with Gasteiger partial charge >= 0.3 is 0 Å². The Morgan fingerprint density at radius 2 is 2.00 bits per heavy atom. The molecule has 1 saturated heterocycles. The van der Waals surface area contributed by atoms with Crippen LogP contribution in [-0.4, -0.2) is 50.3 Å². The highest BCUT2D eigenvalue weighted by molar-refractivity contribution is 4.93. The van der Waals surface area contributed by atoms with E-state index in [2.05, 4.69) is 44.8 Å². The van der Waals surface area contributed by atoms with Crippen LogP contribution in [0.4, 0.5) is 0 Å². The number of nitrogens with one attached hydrogen (secondary N) is 1. The molecule has 0 aromatic rings. The van der Waals surface area contributed by atoms with Crippen LogP contribution in [0.15, 0.2) is 0 Å². The summed E-state index contributed by atoms with van der Waals surface area (Å²) in [5.74, 6) is 0.695. The van der Waals surface area contributed by atoms with Crippen LogP contribution < -0.4 is 5.32 Å². The molecule has 0 aliphatic carbocycles. The number of hydrogen-bond acceptors (Lipinski definition) is 3. The molecule has 2 unspecified atom stereocenters. The van der Waals surface area contributed by atoms with Gasteiger partial charge in [-0.2, -0.15) is 0 Å². The lowest BCUT2D eigenvalue weighted by atomic mass is 9.83. The van der Waals surface area contributed by atoms with Crippen LogP contribution in [0.5, 0.6) is 0 Å². The van der Waals surface area contributed by atoms with E-state index >= 15 is 0 Å². The Morgan fingerprint density at radius 3 is 2.47 bits per heavy atom. The standard InChI is InChI=1S/C14H30N2O/c1-11(2)12-10-16(7-8-17-6)13(9-15-12)14(3,4)5/h11-13,15H,7-10H2,1-6H3. The van der Waals surface area contributed by atoms with Gasteiger partial charge in [-0.1, -0.05) is 34.6 Å². The van der Waals surface area contributed by atoms with Crippen LogP contribution in [0.2, 0.25) is 0 Å². The van der Waals surface area contributed by atoms with E-state index in [4.69, 9.17) is 4.74 Å². The molecule has 0 saturated carbocycles. The van der Waals surface area contributed by atoms with Crippen LogP contribution in [0.25, 0.3) is 0 Å². The number of methoxy groups -OCH3 is 1. The zero-order chi connectivity index (χ0) is 13.1. The molecule has 3 heteroatoms. The summed E-state index contributed by atoms with van der Waals surface area (Å²) in [5, 5.41) is 3.70. The molecule has 1 rings (SSSR count). The Morgan fingerprint density at radius 1 is 1.35 bits per heavy atom. The molecule has 102 valence electrons. The van der Waals surface area contributed by atoms with Gasteiger partial charge < -0.3 is 10.1 Å². The molecule has 0 aromatic carbocycles. The van der Waals surface area contributed by atoms with Crippen molar-refractivity contribution in [2.45, 2.75) is 46.7 Å². The Kier molecular flexibility index (Phi) is 5.42. The maximum atomic E-state index is 5.24. The average molecular weight is 242 g/mol. The highest BCUT2D eigenvalue weighted by Gasteiger charge is 2.35. The van der Waals surface area contributed by atoms with Gasteiger partial charge in [0.15, 0.2) is 0 Å². The second-order valence-electron chi connectivity index (χ2n) is 6.63. The van der Waals surface area contributed by atoms with E-state index in [1.54, 1.807) is 7.11 Å². The van der Waals surface area contributed by atoms with Crippen LogP contribution in [-0.2, 0) is 4.74 Å². The van der Waals surface area contributed by atoms with E-state index in [9.17, 15) is 0 Å². The Hall–Kier alpha value is -0.120. The van der Waals surface area contributed by atoms with Crippen molar-refractivity contribution in [1.29, 1.82) is 0 Å². The number of rotatable bonds is 4. The first-order valence-electron chi connectivity index (χ1n) is 6.82. The Balaban J connectivity index is 2.65. The summed E-state index contributed by atoms with van der Waals surface area (Å²) in [6.07, 6.45) is 0. The minimum absolute atomic E-state index is 0.322. The fourth-order valence-electron chi connectivity index (χ4n) is 2.59. The zero-order valence-corrected chi connectivity index (χ0v) is 12.4. The van der Waals surface area contributed by atoms with Crippen molar-refractivity contribution in [2.75, 3.05) is 33.4 Å². The highest BCUT2D eigenvalue weighted by Crippen LogP contribution is 2.27. The van der Waals surface area contributed by atoms with Crippen LogP contribution in [0, 0.1) is 11.3 Å². The van der Waals surface area contributed by atoms with E-state index in [0.717, 1.165) is 26.2 Å². The highest BCUT2D eigenvalue weighted by atomic mass is 16.5. The van der Waals surface area contributed by atoms with E-state index in [1.807, 2.05) is 0 Å². The SMILES string of the molecule is COCCN1CC(C(C)C)NCC1C(C)(C)C. The van der Waals surface area contributed by atoms with Crippen molar-refractivity contribution >= 4 is 0 Å². The maximum absolute atomic E-state index is 5.24. The van der Waals surface area contributed by atoms with Crippen LogP contribution in [0.1, 0.15) is 34.6 Å². The average Bonchev–Trinajstić information content (AvgIpc) is 2.24. The van der Waals surface area contributed by atoms with E-state index in [0.29, 0.717) is 23.4 Å². The quantitative estimate of drug-likeness (QED) is 0.816. The van der Waals surface area contributed by atoms with Gasteiger partial charge in [0, 0.05) is 38.8 Å². The minimum Gasteiger partial charge on any atom is -0.383 e. The predicted molar refractivity (Wildman–Crippen MR) is 73.3 cm³/mol. The molecule has 1 N–H and O–H groups in total. The molecule has 0 spiro atoms. The number of hydrogen-bond donors (Lipinski definition) is 1. The molecule has 17 heavy (non-hydrogen) atoms. The van der Waals surface area contributed by atoms with Gasteiger partial charge in [-0.05, 0) is 11.3 Å². The van der Waals surface area contributed by atoms with Gasteiger partial charge in [-0.25, -0.2) is 0 Å². The summed E-state index contributed by atoms with van der Waals surface area (Å²) in [5.41, 5.74) is 0.322. The van der Waals surface area contributed by atoms with Gasteiger partial charge in [-0.15, -0.1) is 0 Å². The molecule has 2 atom stereocenters. The molecule has 0 amide bonds. The lowest BCUT2D eigenvalue weighted by molar-refractivity contribution is 0.0271. The van der Waals surface area contributed by atoms with E-state index in [-0.39, 0.29) is 0 Å². The van der Waals surface area contributed by atoms with Crippen LogP contribution in [0.3, 0.4) is 0 Å². The smallest absolute Gasteiger partial charge is 0.0589 e. The Labute approximate surface area is 107 Å². The first-order chi connectivity index (χ1) is 7.86. The van der Waals surface area contributed by atoms with Gasteiger partial charge in [0.2, 0.25) is 0 Å². The second-order valence-corrected chi connectivity index (χ2v) is 6.63. The van der Waals surface area contributed by atoms with Crippen LogP contribution >= 0.6 is 0 Å². The number of ether oxygens (including phenoxy) is 1. The molecular weight excluding hydrogens is 212 g/mol. The summed E-state index contributed by atoms with van der Waals surface area (Å²) >= 11 is 0. The van der Waals surface area contributed by atoms with Gasteiger partial charge in [0.1, 0.15) is 0 Å². The zero-order valence-electron chi connectivity index (χ0n) is 12.4. The maximum Gasteiger partial charge on any atom is 0.0589 e. The first-order valence-corrected chi connectivity index (χ1v) is 6.82. The molecule has 0 bridgehead atoms. The van der Waals surface area contributed by atoms with Crippen molar-refractivity contribution in [3.05, 3.63) is 0 Å². The molecular formula is C14H30N2O. The molecule has 1 heterocycles. The largest absolute Gasteiger partial charge is 0.383 e. The van der Waals surface area contributed by atoms with E-state index < -0.39 is 0 Å². The van der Waals surface area contributed by atoms with Gasteiger partial charge in [0.05, 0.1) is 6.61 Å². The second kappa shape index (κ2) is 6.17. The normalized spacial score (nSPS) is 27.7. The van der Waals surface area contributed by atoms with Crippen molar-refractivity contribution in [1.82, 2.24) is 10.2 Å². The summed E-state index contributed by atoms with van der Waals surface area (Å²) in [7, 11) is 1.79. The third kappa shape index (κ3) is 4.23. The summed E-state index contributed by atoms with van der Waals surface area (Å²) in [4.78, 5) is 2.60. The molecule has 3 nitrogen and oxygen atoms in total. The Bertz CT molecular complexity index is 223. The van der Waals surface area contributed by atoms with Crippen molar-refractivity contribution in [3.8, 4) is 0 Å². The monoisotopic (exact) mass is 242 g/mol. The fraction of sp³-hybridized carbons (Fsp3) is 1.00. The summed E-state index contributed by atoms with van der Waals surface area (Å²) < 4.78 is 5.24. The molecule has 1 aliphatic rings. The minimum atomic E-state index is 0.322. The lowest BCUT2D eigenvalue weighted by Gasteiger charge is -2.47. The topological polar surface area (TPSA) is 24.5 Å². The lowest BCUT2D eigenvalue weighted by Crippen LogP contribution is -2.62. The summed E-state index contributed by atoms with van der Waals surface area (Å²) in [6.45, 7) is 15.7. The third-order valence-electron chi connectivity index (χ3n) is 3.83. The van der Waals surface area contributed by atoms with Crippen molar-refractivity contribution < 1.29 is 4.74 Å². The third-order valence-corrected chi connectivity index (χ3v) is 3.83.